The van der Waals surface area contributed by atoms with Crippen LogP contribution in [0.5, 0.6) is 0 Å². The van der Waals surface area contributed by atoms with Crippen molar-refractivity contribution in [1.82, 2.24) is 0 Å². The number of hydrogen-bond acceptors (Lipinski definition) is 6. The van der Waals surface area contributed by atoms with Gasteiger partial charge in [-0.05, 0) is 20.3 Å². The van der Waals surface area contributed by atoms with E-state index in [1.165, 1.54) is 19.3 Å². The van der Waals surface area contributed by atoms with Crippen LogP contribution >= 0.6 is 0 Å². The van der Waals surface area contributed by atoms with Gasteiger partial charge in [-0.1, -0.05) is 45.4 Å². The molecule has 0 N–H and O–H groups in total. The van der Waals surface area contributed by atoms with Gasteiger partial charge in [0.25, 0.3) is 5.97 Å². The van der Waals surface area contributed by atoms with E-state index in [1.54, 1.807) is 13.8 Å². The molecular weight excluding hydrogens is 319 g/mol. The zero-order chi connectivity index (χ0) is 16.2. The molecule has 128 valence electrons. The molecule has 0 fully saturated rings. The van der Waals surface area contributed by atoms with Gasteiger partial charge in [0.05, 0.1) is 0 Å². The van der Waals surface area contributed by atoms with E-state index in [2.05, 4.69) is 11.1 Å². The molecule has 0 radical (unpaired) electrons. The Hall–Kier alpha value is 0.790. The molecule has 0 spiro atoms. The molecule has 0 unspecified atom stereocenters. The van der Waals surface area contributed by atoms with Crippen LogP contribution in [0.25, 0.3) is 0 Å². The fourth-order valence-corrected chi connectivity index (χ4v) is 2.66. The van der Waals surface area contributed by atoms with Gasteiger partial charge < -0.3 is 14.0 Å². The van der Waals surface area contributed by atoms with E-state index in [4.69, 9.17) is 9.47 Å². The zero-order valence-corrected chi connectivity index (χ0v) is 17.2. The van der Waals surface area contributed by atoms with Crippen LogP contribution in [0, 0.1) is 0 Å². The van der Waals surface area contributed by atoms with E-state index >= 15 is 0 Å². The predicted molar refractivity (Wildman–Crippen MR) is 79.4 cm³/mol. The molecule has 0 aliphatic rings. The molecule has 22 heavy (non-hydrogen) atoms. The molecule has 0 saturated carbocycles. The first-order chi connectivity index (χ1) is 9.89. The molecule has 0 heterocycles. The maximum Gasteiger partial charge on any atom is 1.00 e. The summed E-state index contributed by atoms with van der Waals surface area (Å²) < 4.78 is 47.7. The van der Waals surface area contributed by atoms with Gasteiger partial charge in [0.15, 0.2) is 0 Å². The monoisotopic (exact) mass is 348 g/mol. The van der Waals surface area contributed by atoms with Crippen molar-refractivity contribution in [2.24, 2.45) is 0 Å². The van der Waals surface area contributed by atoms with Crippen molar-refractivity contribution >= 4 is 10.4 Å². The second kappa shape index (κ2) is 14.2. The van der Waals surface area contributed by atoms with Gasteiger partial charge in [-0.25, -0.2) is 12.6 Å². The molecule has 0 atom stereocenters. The van der Waals surface area contributed by atoms with Crippen LogP contribution in [0.2, 0.25) is 0 Å². The number of rotatable bonds is 14. The van der Waals surface area contributed by atoms with Crippen molar-refractivity contribution in [3.63, 3.8) is 0 Å². The van der Waals surface area contributed by atoms with Gasteiger partial charge in [-0.2, -0.15) is 0 Å². The van der Waals surface area contributed by atoms with Crippen molar-refractivity contribution in [3.05, 3.63) is 0 Å². The topological polar surface area (TPSA) is 84.9 Å². The standard InChI is InChI=1S/C14H30O6S.Na/c1-4-7-8-9-10-11-12-13-14(18-5-2,19-6-3)20-21(15,16)17;/h4-13H2,1-3H3,(H,15,16,17);/q;+1/p-1. The van der Waals surface area contributed by atoms with E-state index in [0.717, 1.165) is 19.3 Å². The Bertz CT molecular complexity index is 341. The summed E-state index contributed by atoms with van der Waals surface area (Å²) in [5.41, 5.74) is 0. The molecular formula is C14H29NaO6S. The molecule has 0 aliphatic carbocycles. The van der Waals surface area contributed by atoms with Crippen molar-refractivity contribution in [3.8, 4) is 0 Å². The molecule has 8 heteroatoms. The number of hydrogen-bond donors (Lipinski definition) is 0. The van der Waals surface area contributed by atoms with Crippen LogP contribution < -0.4 is 29.6 Å². The third-order valence-electron chi connectivity index (χ3n) is 3.04. The quantitative estimate of drug-likeness (QED) is 0.148. The SMILES string of the molecule is CCCCCCCCCC(OCC)(OCC)OS(=O)(=O)[O-].[Na+]. The molecule has 0 aromatic heterocycles. The van der Waals surface area contributed by atoms with Crippen LogP contribution in [-0.2, 0) is 24.1 Å². The molecule has 0 aliphatic heterocycles. The van der Waals surface area contributed by atoms with Gasteiger partial charge in [0.2, 0.25) is 10.4 Å². The summed E-state index contributed by atoms with van der Waals surface area (Å²) in [6.07, 6.45) is 7.71. The van der Waals surface area contributed by atoms with Gasteiger partial charge >= 0.3 is 29.6 Å². The first kappa shape index (κ1) is 25.0. The summed E-state index contributed by atoms with van der Waals surface area (Å²) in [5.74, 6) is -1.77. The predicted octanol–water partition coefficient (Wildman–Crippen LogP) is 0.335. The van der Waals surface area contributed by atoms with Gasteiger partial charge in [-0.15, -0.1) is 0 Å². The molecule has 6 nitrogen and oxygen atoms in total. The minimum atomic E-state index is -4.88. The Morgan fingerprint density at radius 3 is 1.73 bits per heavy atom. The maximum absolute atomic E-state index is 10.9. The Morgan fingerprint density at radius 1 is 0.864 bits per heavy atom. The normalized spacial score (nSPS) is 12.2. The van der Waals surface area contributed by atoms with Gasteiger partial charge in [0, 0.05) is 19.6 Å². The second-order valence-corrected chi connectivity index (χ2v) is 5.90. The van der Waals surface area contributed by atoms with Crippen molar-refractivity contribution < 1.29 is 56.2 Å². The summed E-state index contributed by atoms with van der Waals surface area (Å²) in [4.78, 5) is 0. The number of ether oxygens (including phenoxy) is 2. The van der Waals surface area contributed by atoms with Crippen LogP contribution in [0.4, 0.5) is 0 Å². The first-order valence-electron chi connectivity index (χ1n) is 7.83. The maximum atomic E-state index is 10.9. The van der Waals surface area contributed by atoms with Gasteiger partial charge in [-0.3, -0.25) is 0 Å². The molecule has 0 amide bonds. The summed E-state index contributed by atoms with van der Waals surface area (Å²) in [6.45, 7) is 5.95. The Balaban J connectivity index is 0. The molecule has 0 rings (SSSR count). The van der Waals surface area contributed by atoms with Crippen molar-refractivity contribution in [2.75, 3.05) is 13.2 Å². The zero-order valence-electron chi connectivity index (χ0n) is 14.4. The summed E-state index contributed by atoms with van der Waals surface area (Å²) >= 11 is 0. The van der Waals surface area contributed by atoms with Crippen molar-refractivity contribution in [2.45, 2.75) is 78.1 Å². The third-order valence-corrected chi connectivity index (χ3v) is 3.50. The summed E-state index contributed by atoms with van der Waals surface area (Å²) in [6, 6.07) is 0. The molecule has 0 saturated heterocycles. The van der Waals surface area contributed by atoms with E-state index in [-0.39, 0.29) is 49.2 Å². The minimum Gasteiger partial charge on any atom is -0.725 e. The Labute approximate surface area is 157 Å². The summed E-state index contributed by atoms with van der Waals surface area (Å²) in [5, 5.41) is 0. The van der Waals surface area contributed by atoms with E-state index in [1.807, 2.05) is 0 Å². The average molecular weight is 348 g/mol. The molecule has 0 bridgehead atoms. The van der Waals surface area contributed by atoms with Crippen LogP contribution in [0.1, 0.15) is 72.1 Å². The summed E-state index contributed by atoms with van der Waals surface area (Å²) in [7, 11) is -4.88. The fraction of sp³-hybridized carbons (Fsp3) is 1.00. The first-order valence-corrected chi connectivity index (χ1v) is 9.16. The Kier molecular flexibility index (Phi) is 16.1. The van der Waals surface area contributed by atoms with E-state index in [0.29, 0.717) is 6.42 Å². The van der Waals surface area contributed by atoms with Crippen LogP contribution in [0.15, 0.2) is 0 Å². The second-order valence-electron chi connectivity index (χ2n) is 4.91. The van der Waals surface area contributed by atoms with Crippen molar-refractivity contribution in [1.29, 1.82) is 0 Å². The van der Waals surface area contributed by atoms with Crippen LogP contribution in [-0.4, -0.2) is 32.2 Å². The number of unbranched alkanes of at least 4 members (excludes halogenated alkanes) is 6. The smallest absolute Gasteiger partial charge is 0.725 e. The Morgan fingerprint density at radius 2 is 1.32 bits per heavy atom. The molecule has 0 aromatic carbocycles. The minimum absolute atomic E-state index is 0. The third kappa shape index (κ3) is 13.2. The largest absolute Gasteiger partial charge is 1.00 e. The average Bonchev–Trinajstić information content (AvgIpc) is 2.36. The fourth-order valence-electron chi connectivity index (χ4n) is 2.17. The van der Waals surface area contributed by atoms with E-state index in [9.17, 15) is 13.0 Å². The molecule has 0 aromatic rings. The van der Waals surface area contributed by atoms with E-state index < -0.39 is 16.4 Å². The van der Waals surface area contributed by atoms with Crippen LogP contribution in [0.3, 0.4) is 0 Å². The van der Waals surface area contributed by atoms with Gasteiger partial charge in [0.1, 0.15) is 0 Å².